The predicted molar refractivity (Wildman–Crippen MR) is 135 cm³/mol. The molecule has 0 bridgehead atoms. The molecule has 0 saturated carbocycles. The second-order valence-electron chi connectivity index (χ2n) is 8.46. The largest absolute Gasteiger partial charge is 0.350 e. The molecule has 0 radical (unpaired) electrons. The molecule has 36 heavy (non-hydrogen) atoms. The van der Waals surface area contributed by atoms with E-state index in [-0.39, 0.29) is 24.3 Å². The standard InChI is InChI=1S/C24H26N6O6/c1-5-27-19-12-15(18(30(35)36)13-20(19)28(6-2)24(27)34)21(31)25-9-10-29-22(32)16-11-14(3)7-8-17(16)26(4)23(29)33/h7-8,11-13H,5-6,9-10H2,1-4H3,(H,25,31). The van der Waals surface area contributed by atoms with Crippen molar-refractivity contribution in [3.63, 3.8) is 0 Å². The lowest BCUT2D eigenvalue weighted by Crippen LogP contribution is -2.42. The number of benzene rings is 2. The van der Waals surface area contributed by atoms with E-state index >= 15 is 0 Å². The number of carbonyl (C=O) groups is 1. The van der Waals surface area contributed by atoms with Gasteiger partial charge in [-0.1, -0.05) is 11.6 Å². The number of nitro groups is 1. The van der Waals surface area contributed by atoms with Crippen molar-refractivity contribution < 1.29 is 9.72 Å². The van der Waals surface area contributed by atoms with Crippen LogP contribution < -0.4 is 22.3 Å². The molecular weight excluding hydrogens is 468 g/mol. The number of fused-ring (bicyclic) bond motifs is 2. The first-order valence-corrected chi connectivity index (χ1v) is 11.5. The van der Waals surface area contributed by atoms with Gasteiger partial charge in [0, 0.05) is 39.3 Å². The Labute approximate surface area is 204 Å². The van der Waals surface area contributed by atoms with Crippen molar-refractivity contribution in [1.82, 2.24) is 23.6 Å². The minimum absolute atomic E-state index is 0.114. The number of hydrogen-bond acceptors (Lipinski definition) is 6. The van der Waals surface area contributed by atoms with E-state index in [2.05, 4.69) is 5.32 Å². The van der Waals surface area contributed by atoms with Crippen LogP contribution >= 0.6 is 0 Å². The second kappa shape index (κ2) is 9.29. The summed E-state index contributed by atoms with van der Waals surface area (Å²) in [6.07, 6.45) is 0. The van der Waals surface area contributed by atoms with Crippen LogP contribution in [0.5, 0.6) is 0 Å². The van der Waals surface area contributed by atoms with Gasteiger partial charge in [0.05, 0.1) is 26.9 Å². The van der Waals surface area contributed by atoms with Gasteiger partial charge in [0.25, 0.3) is 17.2 Å². The third-order valence-corrected chi connectivity index (χ3v) is 6.34. The summed E-state index contributed by atoms with van der Waals surface area (Å²) in [6.45, 7) is 5.78. The van der Waals surface area contributed by atoms with Gasteiger partial charge >= 0.3 is 11.4 Å². The van der Waals surface area contributed by atoms with Crippen LogP contribution in [-0.2, 0) is 26.7 Å². The third kappa shape index (κ3) is 3.89. The molecule has 2 aromatic heterocycles. The molecule has 0 atom stereocenters. The van der Waals surface area contributed by atoms with Gasteiger partial charge in [0.1, 0.15) is 5.56 Å². The highest BCUT2D eigenvalue weighted by molar-refractivity contribution is 6.02. The molecule has 2 heterocycles. The molecule has 4 rings (SSSR count). The van der Waals surface area contributed by atoms with Crippen LogP contribution in [0.15, 0.2) is 44.7 Å². The number of nitro benzene ring substituents is 1. The van der Waals surface area contributed by atoms with Crippen molar-refractivity contribution in [2.24, 2.45) is 7.05 Å². The fourth-order valence-corrected chi connectivity index (χ4v) is 4.50. The van der Waals surface area contributed by atoms with Gasteiger partial charge in [-0.2, -0.15) is 0 Å². The van der Waals surface area contributed by atoms with Gasteiger partial charge in [-0.05, 0) is 39.0 Å². The molecule has 0 fully saturated rings. The van der Waals surface area contributed by atoms with Crippen LogP contribution in [0.2, 0.25) is 0 Å². The van der Waals surface area contributed by atoms with Crippen LogP contribution in [0, 0.1) is 17.0 Å². The maximum absolute atomic E-state index is 13.0. The van der Waals surface area contributed by atoms with E-state index in [1.807, 2.05) is 13.0 Å². The number of carbonyl (C=O) groups excluding carboxylic acids is 1. The van der Waals surface area contributed by atoms with Gasteiger partial charge in [0.15, 0.2) is 0 Å². The molecule has 12 nitrogen and oxygen atoms in total. The normalized spacial score (nSPS) is 11.3. The summed E-state index contributed by atoms with van der Waals surface area (Å²) in [6, 6.07) is 7.77. The molecule has 0 aliphatic carbocycles. The molecule has 12 heteroatoms. The Bertz CT molecular complexity index is 1720. The molecule has 0 saturated heterocycles. The lowest BCUT2D eigenvalue weighted by atomic mass is 10.1. The van der Waals surface area contributed by atoms with Crippen molar-refractivity contribution >= 4 is 33.5 Å². The zero-order valence-corrected chi connectivity index (χ0v) is 20.4. The molecule has 4 aromatic rings. The van der Waals surface area contributed by atoms with E-state index in [9.17, 15) is 29.3 Å². The Balaban J connectivity index is 1.68. The van der Waals surface area contributed by atoms with Crippen molar-refractivity contribution in [2.45, 2.75) is 40.4 Å². The van der Waals surface area contributed by atoms with Crippen LogP contribution in [0.25, 0.3) is 21.9 Å². The first-order chi connectivity index (χ1) is 17.1. The molecule has 188 valence electrons. The number of aromatic nitrogens is 4. The topological polar surface area (TPSA) is 143 Å². The van der Waals surface area contributed by atoms with Crippen molar-refractivity contribution in [2.75, 3.05) is 6.54 Å². The van der Waals surface area contributed by atoms with Crippen molar-refractivity contribution in [1.29, 1.82) is 0 Å². The minimum atomic E-state index is -0.746. The fraction of sp³-hybridized carbons (Fsp3) is 0.333. The van der Waals surface area contributed by atoms with E-state index < -0.39 is 27.8 Å². The van der Waals surface area contributed by atoms with Gasteiger partial charge in [-0.3, -0.25) is 38.0 Å². The number of hydrogen-bond donors (Lipinski definition) is 1. The van der Waals surface area contributed by atoms with E-state index in [4.69, 9.17) is 0 Å². The third-order valence-electron chi connectivity index (χ3n) is 6.34. The fourth-order valence-electron chi connectivity index (χ4n) is 4.50. The monoisotopic (exact) mass is 494 g/mol. The van der Waals surface area contributed by atoms with Crippen LogP contribution in [0.1, 0.15) is 29.8 Å². The van der Waals surface area contributed by atoms with Crippen molar-refractivity contribution in [3.05, 3.63) is 82.9 Å². The number of aryl methyl sites for hydroxylation is 4. The van der Waals surface area contributed by atoms with E-state index in [1.165, 1.54) is 25.8 Å². The van der Waals surface area contributed by atoms with Gasteiger partial charge in [-0.25, -0.2) is 9.59 Å². The highest BCUT2D eigenvalue weighted by Gasteiger charge is 2.25. The summed E-state index contributed by atoms with van der Waals surface area (Å²) < 4.78 is 5.24. The summed E-state index contributed by atoms with van der Waals surface area (Å²) in [4.78, 5) is 62.4. The van der Waals surface area contributed by atoms with Gasteiger partial charge in [0.2, 0.25) is 0 Å². The molecule has 0 unspecified atom stereocenters. The predicted octanol–water partition coefficient (Wildman–Crippen LogP) is 1.50. The number of imidazole rings is 1. The lowest BCUT2D eigenvalue weighted by Gasteiger charge is -2.12. The number of nitrogens with zero attached hydrogens (tertiary/aromatic N) is 5. The maximum atomic E-state index is 13.0. The minimum Gasteiger partial charge on any atom is -0.350 e. The summed E-state index contributed by atoms with van der Waals surface area (Å²) in [5, 5.41) is 14.7. The summed E-state index contributed by atoms with van der Waals surface area (Å²) in [7, 11) is 1.56. The Morgan fingerprint density at radius 3 is 2.19 bits per heavy atom. The Hall–Kier alpha value is -4.48. The average Bonchev–Trinajstić information content (AvgIpc) is 3.12. The molecule has 0 spiro atoms. The molecule has 1 amide bonds. The SMILES string of the molecule is CCn1c(=O)n(CC)c2cc([N+](=O)[O-])c(C(=O)NCCn3c(=O)c4cc(C)ccc4n(C)c3=O)cc21. The lowest BCUT2D eigenvalue weighted by molar-refractivity contribution is -0.385. The summed E-state index contributed by atoms with van der Waals surface area (Å²) >= 11 is 0. The molecule has 2 aromatic carbocycles. The molecule has 0 aliphatic heterocycles. The zero-order valence-electron chi connectivity index (χ0n) is 20.4. The summed E-state index contributed by atoms with van der Waals surface area (Å²) in [5.74, 6) is -0.746. The Morgan fingerprint density at radius 1 is 0.944 bits per heavy atom. The second-order valence-corrected chi connectivity index (χ2v) is 8.46. The smallest absolute Gasteiger partial charge is 0.331 e. The number of amides is 1. The molecule has 1 N–H and O–H groups in total. The maximum Gasteiger partial charge on any atom is 0.331 e. The average molecular weight is 495 g/mol. The molecular formula is C24H26N6O6. The van der Waals surface area contributed by atoms with Crippen molar-refractivity contribution in [3.8, 4) is 0 Å². The number of nitrogens with one attached hydrogen (secondary N) is 1. The highest BCUT2D eigenvalue weighted by atomic mass is 16.6. The van der Waals surface area contributed by atoms with Crippen LogP contribution in [0.3, 0.4) is 0 Å². The number of rotatable bonds is 7. The summed E-state index contributed by atoms with van der Waals surface area (Å²) in [5.41, 5.74) is 0.163. The zero-order chi connectivity index (χ0) is 26.3. The highest BCUT2D eigenvalue weighted by Crippen LogP contribution is 2.26. The van der Waals surface area contributed by atoms with Gasteiger partial charge in [-0.15, -0.1) is 0 Å². The van der Waals surface area contributed by atoms with E-state index in [0.29, 0.717) is 35.0 Å². The van der Waals surface area contributed by atoms with Crippen LogP contribution in [0.4, 0.5) is 5.69 Å². The first kappa shape index (κ1) is 24.6. The van der Waals surface area contributed by atoms with E-state index in [1.54, 1.807) is 33.0 Å². The van der Waals surface area contributed by atoms with Gasteiger partial charge < -0.3 is 5.32 Å². The Morgan fingerprint density at radius 2 is 1.58 bits per heavy atom. The first-order valence-electron chi connectivity index (χ1n) is 11.5. The van der Waals surface area contributed by atoms with E-state index in [0.717, 1.165) is 10.1 Å². The Kier molecular flexibility index (Phi) is 6.35. The molecule has 0 aliphatic rings. The quantitative estimate of drug-likeness (QED) is 0.305. The van der Waals surface area contributed by atoms with Crippen LogP contribution in [-0.4, -0.2) is 35.6 Å².